The van der Waals surface area contributed by atoms with E-state index in [4.69, 9.17) is 4.84 Å². The summed E-state index contributed by atoms with van der Waals surface area (Å²) in [6.45, 7) is 4.33. The fraction of sp³-hybridized carbons (Fsp3) is 0.750. The Kier molecular flexibility index (Phi) is 4.20. The second-order valence-corrected chi connectivity index (χ2v) is 4.35. The van der Waals surface area contributed by atoms with Gasteiger partial charge in [0.05, 0.1) is 26.1 Å². The molecule has 4 heteroatoms. The zero-order valence-electron chi connectivity index (χ0n) is 9.63. The molecule has 0 spiro atoms. The zero-order chi connectivity index (χ0) is 11.2. The molecule has 0 radical (unpaired) electrons. The number of carbonyl (C=O) groups is 1. The van der Waals surface area contributed by atoms with Gasteiger partial charge in [0.1, 0.15) is 13.1 Å². The average Bonchev–Trinajstić information content (AvgIpc) is 2.72. The largest absolute Gasteiger partial charge is 0.325 e. The van der Waals surface area contributed by atoms with E-state index in [1.165, 1.54) is 37.4 Å². The van der Waals surface area contributed by atoms with Crippen LogP contribution in [0, 0.1) is 11.8 Å². The van der Waals surface area contributed by atoms with Crippen LogP contribution in [0.3, 0.4) is 0 Å². The molecule has 2 fully saturated rings. The number of hydrogen-bond donors (Lipinski definition) is 1. The smallest absolute Gasteiger partial charge is 0.249 e. The molecular weight excluding hydrogens is 204 g/mol. The molecule has 2 heterocycles. The summed E-state index contributed by atoms with van der Waals surface area (Å²) in [7, 11) is 0. The van der Waals surface area contributed by atoms with Crippen molar-refractivity contribution in [2.45, 2.75) is 25.7 Å². The lowest BCUT2D eigenvalue weighted by Crippen LogP contribution is -3.12. The molecule has 0 aromatic heterocycles. The second-order valence-electron chi connectivity index (χ2n) is 4.35. The van der Waals surface area contributed by atoms with Crippen LogP contribution in [-0.2, 0) is 9.63 Å². The highest BCUT2D eigenvalue weighted by Gasteiger charge is 2.20. The summed E-state index contributed by atoms with van der Waals surface area (Å²) in [5.74, 6) is 6.21. The Bertz CT molecular complexity index is 300. The Hall–Kier alpha value is -1.05. The van der Waals surface area contributed by atoms with Crippen LogP contribution in [-0.4, -0.2) is 43.8 Å². The van der Waals surface area contributed by atoms with Gasteiger partial charge < -0.3 is 4.90 Å². The summed E-state index contributed by atoms with van der Waals surface area (Å²) in [5, 5.41) is 1.37. The third-order valence-corrected chi connectivity index (χ3v) is 3.09. The molecule has 0 aliphatic carbocycles. The average molecular weight is 223 g/mol. The lowest BCUT2D eigenvalue weighted by atomic mass is 10.1. The lowest BCUT2D eigenvalue weighted by Gasteiger charge is -2.21. The van der Waals surface area contributed by atoms with Gasteiger partial charge in [-0.1, -0.05) is 5.92 Å². The van der Waals surface area contributed by atoms with E-state index >= 15 is 0 Å². The van der Waals surface area contributed by atoms with Crippen molar-refractivity contribution in [3.63, 3.8) is 0 Å². The molecule has 2 aliphatic heterocycles. The number of rotatable bonds is 2. The number of amides is 1. The monoisotopic (exact) mass is 223 g/mol. The summed E-state index contributed by atoms with van der Waals surface area (Å²) in [5.41, 5.74) is 0. The fourth-order valence-corrected chi connectivity index (χ4v) is 2.12. The van der Waals surface area contributed by atoms with Gasteiger partial charge in [-0.3, -0.25) is 9.63 Å². The quantitative estimate of drug-likeness (QED) is 0.623. The van der Waals surface area contributed by atoms with Crippen molar-refractivity contribution in [2.24, 2.45) is 0 Å². The molecule has 2 aliphatic rings. The number of piperidine rings is 1. The number of nitrogens with one attached hydrogen (secondary N) is 1. The Morgan fingerprint density at radius 2 is 2.06 bits per heavy atom. The topological polar surface area (TPSA) is 34.0 Å². The van der Waals surface area contributed by atoms with E-state index in [0.717, 1.165) is 6.54 Å². The van der Waals surface area contributed by atoms with Crippen LogP contribution in [0.25, 0.3) is 0 Å². The summed E-state index contributed by atoms with van der Waals surface area (Å²) in [6.07, 6.45) is 4.52. The predicted molar refractivity (Wildman–Crippen MR) is 59.5 cm³/mol. The third-order valence-electron chi connectivity index (χ3n) is 3.09. The number of hydroxylamine groups is 2. The Labute approximate surface area is 96.5 Å². The fourth-order valence-electron chi connectivity index (χ4n) is 2.12. The van der Waals surface area contributed by atoms with Crippen molar-refractivity contribution < 1.29 is 14.5 Å². The second kappa shape index (κ2) is 5.88. The first-order valence-corrected chi connectivity index (χ1v) is 6.09. The van der Waals surface area contributed by atoms with E-state index in [9.17, 15) is 4.79 Å². The number of likely N-dealkylation sites (tertiary alicyclic amines) is 1. The minimum absolute atomic E-state index is 0.0552. The lowest BCUT2D eigenvalue weighted by molar-refractivity contribution is -0.897. The minimum atomic E-state index is 0.0552. The van der Waals surface area contributed by atoms with Gasteiger partial charge in [-0.15, -0.1) is 0 Å². The number of hydrogen-bond acceptors (Lipinski definition) is 2. The van der Waals surface area contributed by atoms with Crippen LogP contribution < -0.4 is 4.90 Å². The first-order valence-electron chi connectivity index (χ1n) is 6.09. The van der Waals surface area contributed by atoms with Crippen LogP contribution in [0.5, 0.6) is 0 Å². The summed E-state index contributed by atoms with van der Waals surface area (Å²) < 4.78 is 0. The van der Waals surface area contributed by atoms with E-state index in [0.29, 0.717) is 19.6 Å². The number of quaternary nitrogens is 1. The van der Waals surface area contributed by atoms with Crippen molar-refractivity contribution >= 4 is 5.91 Å². The molecule has 2 saturated heterocycles. The van der Waals surface area contributed by atoms with E-state index in [2.05, 4.69) is 11.8 Å². The molecule has 1 N–H and O–H groups in total. The number of carbonyl (C=O) groups excluding carboxylic acids is 1. The normalized spacial score (nSPS) is 22.0. The van der Waals surface area contributed by atoms with Gasteiger partial charge in [0.15, 0.2) is 0 Å². The van der Waals surface area contributed by atoms with Gasteiger partial charge >= 0.3 is 0 Å². The van der Waals surface area contributed by atoms with Crippen molar-refractivity contribution in [1.82, 2.24) is 5.06 Å². The molecule has 0 saturated carbocycles. The Morgan fingerprint density at radius 3 is 2.75 bits per heavy atom. The number of nitrogens with zero attached hydrogens (tertiary/aromatic N) is 1. The summed E-state index contributed by atoms with van der Waals surface area (Å²) in [4.78, 5) is 17.9. The molecule has 1 amide bonds. The van der Waals surface area contributed by atoms with Crippen molar-refractivity contribution in [3.05, 3.63) is 0 Å². The highest BCUT2D eigenvalue weighted by atomic mass is 16.7. The van der Waals surface area contributed by atoms with E-state index in [1.807, 2.05) is 0 Å². The van der Waals surface area contributed by atoms with Crippen molar-refractivity contribution in [1.29, 1.82) is 0 Å². The van der Waals surface area contributed by atoms with Crippen LogP contribution in [0.15, 0.2) is 0 Å². The molecule has 0 aromatic rings. The molecule has 0 atom stereocenters. The van der Waals surface area contributed by atoms with Crippen LogP contribution >= 0.6 is 0 Å². The Balaban J connectivity index is 1.67. The highest BCUT2D eigenvalue weighted by molar-refractivity contribution is 5.76. The minimum Gasteiger partial charge on any atom is -0.325 e. The zero-order valence-corrected chi connectivity index (χ0v) is 9.63. The van der Waals surface area contributed by atoms with Crippen LogP contribution in [0.4, 0.5) is 0 Å². The third kappa shape index (κ3) is 3.22. The first-order chi connectivity index (χ1) is 7.86. The van der Waals surface area contributed by atoms with E-state index in [1.54, 1.807) is 4.90 Å². The molecule has 0 aromatic carbocycles. The van der Waals surface area contributed by atoms with E-state index in [-0.39, 0.29) is 5.91 Å². The molecule has 2 rings (SSSR count). The molecule has 88 valence electrons. The molecule has 4 nitrogen and oxygen atoms in total. The van der Waals surface area contributed by atoms with Gasteiger partial charge in [0.25, 0.3) is 0 Å². The molecule has 16 heavy (non-hydrogen) atoms. The maximum absolute atomic E-state index is 11.2. The molecule has 0 bridgehead atoms. The van der Waals surface area contributed by atoms with Crippen molar-refractivity contribution in [2.75, 3.05) is 32.8 Å². The van der Waals surface area contributed by atoms with Gasteiger partial charge in [-0.25, -0.2) is 5.06 Å². The summed E-state index contributed by atoms with van der Waals surface area (Å²) >= 11 is 0. The van der Waals surface area contributed by atoms with E-state index < -0.39 is 0 Å². The summed E-state index contributed by atoms with van der Waals surface area (Å²) in [6, 6.07) is 0. The Morgan fingerprint density at radius 1 is 1.25 bits per heavy atom. The van der Waals surface area contributed by atoms with Crippen LogP contribution in [0.1, 0.15) is 25.7 Å². The predicted octanol–water partition coefficient (Wildman–Crippen LogP) is -0.777. The molecule has 0 unspecified atom stereocenters. The maximum atomic E-state index is 11.2. The maximum Gasteiger partial charge on any atom is 0.249 e. The first kappa shape index (κ1) is 11.4. The standard InChI is InChI=1S/C12H18N2O2/c15-12-6-11-16-14(12)10-5-4-9-13-7-2-1-3-8-13/h1-3,6-11H2/p+1. The van der Waals surface area contributed by atoms with Gasteiger partial charge in [-0.2, -0.15) is 0 Å². The molecular formula is C12H19N2O2+. The van der Waals surface area contributed by atoms with Gasteiger partial charge in [0.2, 0.25) is 5.91 Å². The van der Waals surface area contributed by atoms with Crippen molar-refractivity contribution in [3.8, 4) is 11.8 Å². The SMILES string of the molecule is O=C1CCON1CC#CC[NH+]1CCCCC1. The van der Waals surface area contributed by atoms with Gasteiger partial charge in [-0.05, 0) is 25.2 Å². The highest BCUT2D eigenvalue weighted by Crippen LogP contribution is 2.04. The van der Waals surface area contributed by atoms with Crippen LogP contribution in [0.2, 0.25) is 0 Å². The van der Waals surface area contributed by atoms with Gasteiger partial charge in [0, 0.05) is 0 Å².